The van der Waals surface area contributed by atoms with Gasteiger partial charge < -0.3 is 19.4 Å². The van der Waals surface area contributed by atoms with Crippen LogP contribution in [0.15, 0.2) is 24.3 Å². The van der Waals surface area contributed by atoms with E-state index in [0.717, 1.165) is 38.2 Å². The van der Waals surface area contributed by atoms with E-state index < -0.39 is 0 Å². The van der Waals surface area contributed by atoms with Crippen LogP contribution in [0.5, 0.6) is 5.75 Å². The highest BCUT2D eigenvalue weighted by atomic mass is 16.6. The molecule has 1 N–H and O–H groups in total. The molecule has 5 heteroatoms. The lowest BCUT2D eigenvalue weighted by Gasteiger charge is -2.18. The summed E-state index contributed by atoms with van der Waals surface area (Å²) in [4.78, 5) is 0. The summed E-state index contributed by atoms with van der Waals surface area (Å²) in [6, 6.07) is 8.54. The van der Waals surface area contributed by atoms with Crippen LogP contribution in [-0.4, -0.2) is 40.1 Å². The molecule has 0 spiro atoms. The van der Waals surface area contributed by atoms with Crippen LogP contribution in [0, 0.1) is 0 Å². The SMILES string of the molecule is CCCCOc1ccccc1C[C@@H](NBOC)[C@H]1CO1. The first-order chi connectivity index (χ1) is 9.85. The molecule has 0 unspecified atom stereocenters. The van der Waals surface area contributed by atoms with E-state index in [1.54, 1.807) is 7.11 Å². The average Bonchev–Trinajstić information content (AvgIpc) is 3.30. The van der Waals surface area contributed by atoms with Crippen molar-refractivity contribution < 1.29 is 14.1 Å². The van der Waals surface area contributed by atoms with Crippen LogP contribution in [0.25, 0.3) is 0 Å². The number of hydrogen-bond donors (Lipinski definition) is 1. The fourth-order valence-corrected chi connectivity index (χ4v) is 2.19. The van der Waals surface area contributed by atoms with E-state index in [0.29, 0.717) is 13.7 Å². The van der Waals surface area contributed by atoms with Crippen molar-refractivity contribution in [2.45, 2.75) is 38.3 Å². The molecular weight excluding hydrogens is 253 g/mol. The van der Waals surface area contributed by atoms with Crippen LogP contribution >= 0.6 is 0 Å². The van der Waals surface area contributed by atoms with E-state index in [9.17, 15) is 0 Å². The first-order valence-corrected chi connectivity index (χ1v) is 7.39. The highest BCUT2D eigenvalue weighted by molar-refractivity contribution is 6.23. The zero-order valence-electron chi connectivity index (χ0n) is 12.4. The number of epoxide rings is 1. The van der Waals surface area contributed by atoms with Gasteiger partial charge in [-0.1, -0.05) is 31.5 Å². The molecule has 1 aromatic carbocycles. The summed E-state index contributed by atoms with van der Waals surface area (Å²) < 4.78 is 16.4. The average molecular weight is 277 g/mol. The van der Waals surface area contributed by atoms with Gasteiger partial charge in [-0.15, -0.1) is 0 Å². The van der Waals surface area contributed by atoms with E-state index >= 15 is 0 Å². The van der Waals surface area contributed by atoms with Crippen LogP contribution in [0.4, 0.5) is 0 Å². The van der Waals surface area contributed by atoms with Gasteiger partial charge in [-0.2, -0.15) is 0 Å². The molecule has 4 nitrogen and oxygen atoms in total. The molecule has 0 aromatic heterocycles. The summed E-state index contributed by atoms with van der Waals surface area (Å²) in [6.07, 6.45) is 3.44. The molecule has 1 aliphatic heterocycles. The van der Waals surface area contributed by atoms with Crippen LogP contribution in [-0.2, 0) is 15.8 Å². The largest absolute Gasteiger partial charge is 0.493 e. The van der Waals surface area contributed by atoms with E-state index in [-0.39, 0.29) is 6.04 Å². The fourth-order valence-electron chi connectivity index (χ4n) is 2.19. The maximum absolute atomic E-state index is 5.88. The maximum Gasteiger partial charge on any atom is 0.360 e. The lowest BCUT2D eigenvalue weighted by Crippen LogP contribution is -2.39. The standard InChI is InChI=1S/C15H24BNO3/c1-3-4-9-19-14-8-6-5-7-12(14)10-13(15-11-20-15)17-16-18-2/h5-8,13,15-17H,3-4,9-11H2,1-2H3/t13-,15-/m1/s1. The Morgan fingerprint density at radius 2 is 2.25 bits per heavy atom. The van der Waals surface area contributed by atoms with E-state index in [2.05, 4.69) is 24.3 Å². The van der Waals surface area contributed by atoms with Crippen LogP contribution in [0.1, 0.15) is 25.3 Å². The van der Waals surface area contributed by atoms with Gasteiger partial charge in [-0.3, -0.25) is 0 Å². The maximum atomic E-state index is 5.88. The smallest absolute Gasteiger partial charge is 0.360 e. The van der Waals surface area contributed by atoms with Crippen molar-refractivity contribution in [3.05, 3.63) is 29.8 Å². The van der Waals surface area contributed by atoms with Crippen molar-refractivity contribution in [2.75, 3.05) is 20.3 Å². The second-order valence-electron chi connectivity index (χ2n) is 5.13. The molecule has 2 rings (SSSR count). The summed E-state index contributed by atoms with van der Waals surface area (Å²) in [5.74, 6) is 0.991. The van der Waals surface area contributed by atoms with Crippen LogP contribution in [0.3, 0.4) is 0 Å². The van der Waals surface area contributed by atoms with E-state index in [1.807, 2.05) is 12.1 Å². The molecule has 0 bridgehead atoms. The third-order valence-corrected chi connectivity index (χ3v) is 3.47. The number of unbranched alkanes of at least 4 members (excludes halogenated alkanes) is 1. The predicted molar refractivity (Wildman–Crippen MR) is 81.4 cm³/mol. The summed E-state index contributed by atoms with van der Waals surface area (Å²) in [5.41, 5.74) is 1.23. The molecule has 1 fully saturated rings. The third kappa shape index (κ3) is 4.82. The van der Waals surface area contributed by atoms with Crippen LogP contribution < -0.4 is 9.96 Å². The molecule has 1 aromatic rings. The van der Waals surface area contributed by atoms with E-state index in [1.165, 1.54) is 5.56 Å². The fraction of sp³-hybridized carbons (Fsp3) is 0.600. The second kappa shape index (κ2) is 8.30. The lowest BCUT2D eigenvalue weighted by molar-refractivity contribution is 0.302. The van der Waals surface area contributed by atoms with Gasteiger partial charge >= 0.3 is 7.62 Å². The first-order valence-electron chi connectivity index (χ1n) is 7.39. The highest BCUT2D eigenvalue weighted by Crippen LogP contribution is 2.24. The first kappa shape index (κ1) is 15.4. The number of nitrogens with one attached hydrogen (secondary N) is 1. The van der Waals surface area contributed by atoms with Crippen molar-refractivity contribution in [1.82, 2.24) is 5.23 Å². The summed E-state index contributed by atoms with van der Waals surface area (Å²) >= 11 is 0. The Morgan fingerprint density at radius 1 is 1.45 bits per heavy atom. The molecule has 1 saturated heterocycles. The highest BCUT2D eigenvalue weighted by Gasteiger charge is 2.32. The molecular formula is C15H24BNO3. The van der Waals surface area contributed by atoms with Crippen LogP contribution in [0.2, 0.25) is 0 Å². The van der Waals surface area contributed by atoms with Crippen molar-refractivity contribution >= 4 is 7.62 Å². The minimum absolute atomic E-state index is 0.283. The summed E-state index contributed by atoms with van der Waals surface area (Å²) in [7, 11) is 2.24. The third-order valence-electron chi connectivity index (χ3n) is 3.47. The zero-order chi connectivity index (χ0) is 14.2. The van der Waals surface area contributed by atoms with Crippen molar-refractivity contribution in [3.63, 3.8) is 0 Å². The number of rotatable bonds is 10. The Hall–Kier alpha value is -1.04. The van der Waals surface area contributed by atoms with Gasteiger partial charge in [0.05, 0.1) is 19.3 Å². The van der Waals surface area contributed by atoms with Crippen molar-refractivity contribution in [2.24, 2.45) is 0 Å². The molecule has 0 radical (unpaired) electrons. The van der Waals surface area contributed by atoms with Gasteiger partial charge in [0, 0.05) is 13.2 Å². The quantitative estimate of drug-likeness (QED) is 0.401. The van der Waals surface area contributed by atoms with Gasteiger partial charge in [-0.05, 0) is 24.5 Å². The Balaban J connectivity index is 1.95. The minimum Gasteiger partial charge on any atom is -0.493 e. The second-order valence-corrected chi connectivity index (χ2v) is 5.13. The number of benzene rings is 1. The molecule has 20 heavy (non-hydrogen) atoms. The molecule has 0 saturated carbocycles. The van der Waals surface area contributed by atoms with E-state index in [4.69, 9.17) is 14.1 Å². The lowest BCUT2D eigenvalue weighted by atomic mass is 10.00. The van der Waals surface area contributed by atoms with Gasteiger partial charge in [-0.25, -0.2) is 0 Å². The predicted octanol–water partition coefficient (Wildman–Crippen LogP) is 1.68. The molecule has 0 amide bonds. The Bertz CT molecular complexity index is 398. The Morgan fingerprint density at radius 3 is 2.95 bits per heavy atom. The van der Waals surface area contributed by atoms with Gasteiger partial charge in [0.1, 0.15) is 5.75 Å². The molecule has 1 heterocycles. The number of hydrogen-bond acceptors (Lipinski definition) is 4. The number of para-hydroxylation sites is 1. The monoisotopic (exact) mass is 277 g/mol. The topological polar surface area (TPSA) is 43.0 Å². The normalized spacial score (nSPS) is 18.6. The summed E-state index contributed by atoms with van der Waals surface area (Å²) in [6.45, 7) is 3.79. The summed E-state index contributed by atoms with van der Waals surface area (Å²) in [5, 5.41) is 3.37. The van der Waals surface area contributed by atoms with Gasteiger partial charge in [0.2, 0.25) is 0 Å². The van der Waals surface area contributed by atoms with Gasteiger partial charge in [0.25, 0.3) is 0 Å². The molecule has 2 atom stereocenters. The van der Waals surface area contributed by atoms with Crippen molar-refractivity contribution in [3.8, 4) is 5.75 Å². The molecule has 1 aliphatic rings. The molecule has 0 aliphatic carbocycles. The number of ether oxygens (including phenoxy) is 2. The van der Waals surface area contributed by atoms with Crippen molar-refractivity contribution in [1.29, 1.82) is 0 Å². The Labute approximate surface area is 122 Å². The Kier molecular flexibility index (Phi) is 6.37. The van der Waals surface area contributed by atoms with Gasteiger partial charge in [0.15, 0.2) is 0 Å². The minimum atomic E-state index is 0.283. The zero-order valence-corrected chi connectivity index (χ0v) is 12.4. The molecule has 110 valence electrons.